The highest BCUT2D eigenvalue weighted by atomic mass is 32.1. The van der Waals surface area contributed by atoms with Crippen molar-refractivity contribution in [2.24, 2.45) is 11.1 Å². The Morgan fingerprint density at radius 3 is 2.56 bits per heavy atom. The molecule has 0 fully saturated rings. The molecule has 0 spiro atoms. The fourth-order valence-corrected chi connectivity index (χ4v) is 2.79. The van der Waals surface area contributed by atoms with Gasteiger partial charge in [-0.15, -0.1) is 0 Å². The summed E-state index contributed by atoms with van der Waals surface area (Å²) in [5.41, 5.74) is 7.69. The van der Waals surface area contributed by atoms with Crippen LogP contribution >= 0.6 is 11.3 Å². The third-order valence-electron chi connectivity index (χ3n) is 2.84. The second-order valence-corrected chi connectivity index (χ2v) is 6.14. The molecule has 0 aliphatic carbocycles. The summed E-state index contributed by atoms with van der Waals surface area (Å²) in [6.07, 6.45) is 2.14. The van der Waals surface area contributed by atoms with Crippen LogP contribution in [0.15, 0.2) is 16.8 Å². The highest BCUT2D eigenvalue weighted by molar-refractivity contribution is 7.07. The molecule has 1 heterocycles. The second-order valence-electron chi connectivity index (χ2n) is 5.36. The first kappa shape index (κ1) is 13.7. The maximum absolute atomic E-state index is 6.21. The molecule has 2 atom stereocenters. The lowest BCUT2D eigenvalue weighted by atomic mass is 9.83. The Bertz CT molecular complexity index is 289. The Balaban J connectivity index is 2.47. The van der Waals surface area contributed by atoms with E-state index >= 15 is 0 Å². The van der Waals surface area contributed by atoms with Crippen LogP contribution in [0.4, 0.5) is 0 Å². The summed E-state index contributed by atoms with van der Waals surface area (Å²) in [4.78, 5) is 0. The number of ether oxygens (including phenoxy) is 1. The molecule has 0 aliphatic rings. The molecule has 2 N–H and O–H groups in total. The minimum absolute atomic E-state index is 0.100. The van der Waals surface area contributed by atoms with Gasteiger partial charge in [-0.2, -0.15) is 11.3 Å². The number of hydrogen-bond acceptors (Lipinski definition) is 3. The van der Waals surface area contributed by atoms with Gasteiger partial charge in [0.05, 0.1) is 6.10 Å². The Kier molecular flexibility index (Phi) is 4.96. The molecular formula is C13H23NOS. The van der Waals surface area contributed by atoms with Gasteiger partial charge in [0.1, 0.15) is 0 Å². The summed E-state index contributed by atoms with van der Waals surface area (Å²) in [5.74, 6) is 0. The monoisotopic (exact) mass is 241 g/mol. The van der Waals surface area contributed by atoms with Crippen molar-refractivity contribution in [3.63, 3.8) is 0 Å². The van der Waals surface area contributed by atoms with E-state index in [1.165, 1.54) is 5.56 Å². The Morgan fingerprint density at radius 1 is 1.44 bits per heavy atom. The summed E-state index contributed by atoms with van der Waals surface area (Å²) in [6.45, 7) is 6.52. The molecule has 1 rings (SSSR count). The van der Waals surface area contributed by atoms with Gasteiger partial charge in [0.25, 0.3) is 0 Å². The molecule has 3 heteroatoms. The standard InChI is InChI=1S/C13H23NOS/c1-13(2,3)12(15-4)11(14)6-5-10-7-8-16-9-10/h7-9,11-12H,5-6,14H2,1-4H3. The average Bonchev–Trinajstić information content (AvgIpc) is 2.65. The predicted octanol–water partition coefficient (Wildman–Crippen LogP) is 3.07. The van der Waals surface area contributed by atoms with Crippen LogP contribution in [-0.4, -0.2) is 19.3 Å². The lowest BCUT2D eigenvalue weighted by Crippen LogP contribution is -2.44. The summed E-state index contributed by atoms with van der Waals surface area (Å²) < 4.78 is 5.52. The lowest BCUT2D eigenvalue weighted by Gasteiger charge is -2.34. The van der Waals surface area contributed by atoms with Crippen LogP contribution in [0, 0.1) is 5.41 Å². The van der Waals surface area contributed by atoms with E-state index in [1.807, 2.05) is 0 Å². The highest BCUT2D eigenvalue weighted by Crippen LogP contribution is 2.25. The lowest BCUT2D eigenvalue weighted by molar-refractivity contribution is -0.00348. The second kappa shape index (κ2) is 5.80. The zero-order valence-corrected chi connectivity index (χ0v) is 11.5. The van der Waals surface area contributed by atoms with Gasteiger partial charge in [-0.1, -0.05) is 20.8 Å². The minimum Gasteiger partial charge on any atom is -0.379 e. The van der Waals surface area contributed by atoms with Crippen LogP contribution in [0.2, 0.25) is 0 Å². The number of rotatable bonds is 5. The number of methoxy groups -OCH3 is 1. The van der Waals surface area contributed by atoms with Crippen LogP contribution < -0.4 is 5.73 Å². The molecule has 0 aliphatic heterocycles. The molecule has 0 radical (unpaired) electrons. The molecule has 2 nitrogen and oxygen atoms in total. The fourth-order valence-electron chi connectivity index (χ4n) is 2.09. The summed E-state index contributed by atoms with van der Waals surface area (Å²) in [7, 11) is 1.75. The maximum atomic E-state index is 6.21. The largest absolute Gasteiger partial charge is 0.379 e. The van der Waals surface area contributed by atoms with Crippen LogP contribution in [0.25, 0.3) is 0 Å². The van der Waals surface area contributed by atoms with Crippen molar-refractivity contribution in [2.45, 2.75) is 45.8 Å². The van der Waals surface area contributed by atoms with Crippen molar-refractivity contribution in [2.75, 3.05) is 7.11 Å². The number of thiophene rings is 1. The number of nitrogens with two attached hydrogens (primary N) is 1. The van der Waals surface area contributed by atoms with Gasteiger partial charge in [0.15, 0.2) is 0 Å². The van der Waals surface area contributed by atoms with Gasteiger partial charge >= 0.3 is 0 Å². The van der Waals surface area contributed by atoms with E-state index in [2.05, 4.69) is 37.6 Å². The van der Waals surface area contributed by atoms with Crippen LogP contribution in [0.1, 0.15) is 32.8 Å². The zero-order valence-electron chi connectivity index (χ0n) is 10.7. The smallest absolute Gasteiger partial charge is 0.0770 e. The van der Waals surface area contributed by atoms with Crippen molar-refractivity contribution >= 4 is 11.3 Å². The Labute approximate surface area is 103 Å². The Morgan fingerprint density at radius 2 is 2.12 bits per heavy atom. The molecule has 0 aromatic carbocycles. The van der Waals surface area contributed by atoms with Crippen molar-refractivity contribution in [1.29, 1.82) is 0 Å². The molecule has 0 bridgehead atoms. The van der Waals surface area contributed by atoms with Crippen LogP contribution in [-0.2, 0) is 11.2 Å². The first-order valence-electron chi connectivity index (χ1n) is 5.74. The first-order chi connectivity index (χ1) is 7.45. The van der Waals surface area contributed by atoms with E-state index in [-0.39, 0.29) is 17.6 Å². The predicted molar refractivity (Wildman–Crippen MR) is 70.9 cm³/mol. The molecule has 2 unspecified atom stereocenters. The molecule has 1 aromatic heterocycles. The van der Waals surface area contributed by atoms with E-state index in [0.717, 1.165) is 12.8 Å². The molecule has 16 heavy (non-hydrogen) atoms. The fraction of sp³-hybridized carbons (Fsp3) is 0.692. The molecule has 92 valence electrons. The summed E-state index contributed by atoms with van der Waals surface area (Å²) >= 11 is 1.74. The van der Waals surface area contributed by atoms with Crippen molar-refractivity contribution in [3.05, 3.63) is 22.4 Å². The topological polar surface area (TPSA) is 35.2 Å². The van der Waals surface area contributed by atoms with E-state index in [1.54, 1.807) is 18.4 Å². The van der Waals surface area contributed by atoms with E-state index in [9.17, 15) is 0 Å². The normalized spacial score (nSPS) is 16.1. The Hall–Kier alpha value is -0.380. The summed E-state index contributed by atoms with van der Waals surface area (Å²) in [5, 5.41) is 4.30. The van der Waals surface area contributed by atoms with E-state index < -0.39 is 0 Å². The first-order valence-corrected chi connectivity index (χ1v) is 6.69. The van der Waals surface area contributed by atoms with Crippen molar-refractivity contribution in [3.8, 4) is 0 Å². The highest BCUT2D eigenvalue weighted by Gasteiger charge is 2.29. The van der Waals surface area contributed by atoms with Gasteiger partial charge in [0.2, 0.25) is 0 Å². The van der Waals surface area contributed by atoms with Gasteiger partial charge in [-0.05, 0) is 40.6 Å². The van der Waals surface area contributed by atoms with Crippen molar-refractivity contribution in [1.82, 2.24) is 0 Å². The third kappa shape index (κ3) is 3.89. The zero-order chi connectivity index (χ0) is 12.2. The average molecular weight is 241 g/mol. The number of aryl methyl sites for hydroxylation is 1. The molecule has 0 saturated heterocycles. The van der Waals surface area contributed by atoms with Gasteiger partial charge < -0.3 is 10.5 Å². The van der Waals surface area contributed by atoms with Gasteiger partial charge in [-0.25, -0.2) is 0 Å². The maximum Gasteiger partial charge on any atom is 0.0770 e. The SMILES string of the molecule is COC(C(N)CCc1ccsc1)C(C)(C)C. The number of hydrogen-bond donors (Lipinski definition) is 1. The van der Waals surface area contributed by atoms with Crippen molar-refractivity contribution < 1.29 is 4.74 Å². The van der Waals surface area contributed by atoms with E-state index in [0.29, 0.717) is 0 Å². The molecule has 0 amide bonds. The molecular weight excluding hydrogens is 218 g/mol. The van der Waals surface area contributed by atoms with Crippen LogP contribution in [0.3, 0.4) is 0 Å². The quantitative estimate of drug-likeness (QED) is 0.860. The molecule has 1 aromatic rings. The van der Waals surface area contributed by atoms with Gasteiger partial charge in [-0.3, -0.25) is 0 Å². The summed E-state index contributed by atoms with van der Waals surface area (Å²) in [6, 6.07) is 2.26. The van der Waals surface area contributed by atoms with E-state index in [4.69, 9.17) is 10.5 Å². The third-order valence-corrected chi connectivity index (χ3v) is 3.57. The van der Waals surface area contributed by atoms with Crippen LogP contribution in [0.5, 0.6) is 0 Å². The van der Waals surface area contributed by atoms with Gasteiger partial charge in [0, 0.05) is 13.2 Å². The minimum atomic E-state index is 0.100. The molecule has 0 saturated carbocycles.